The standard InChI is InChI=1S/C14H16N2O3/c1-2-19-14(18)11(15)8-9-5-6-12(17)13-10(9)4-3-7-16-13/h3-7,11,17H,2,8,15H2,1H3/t11-/m0/s1. The highest BCUT2D eigenvalue weighted by Crippen LogP contribution is 2.26. The number of ether oxygens (including phenoxy) is 1. The number of nitrogens with zero attached hydrogens (tertiary/aromatic N) is 1. The van der Waals surface area contributed by atoms with Gasteiger partial charge in [-0.25, -0.2) is 0 Å². The first-order valence-electron chi connectivity index (χ1n) is 6.11. The number of fused-ring (bicyclic) bond motifs is 1. The smallest absolute Gasteiger partial charge is 0.323 e. The van der Waals surface area contributed by atoms with Gasteiger partial charge in [0.2, 0.25) is 0 Å². The van der Waals surface area contributed by atoms with Gasteiger partial charge in [0.05, 0.1) is 6.61 Å². The predicted molar refractivity (Wildman–Crippen MR) is 71.7 cm³/mol. The topological polar surface area (TPSA) is 85.4 Å². The molecule has 0 saturated heterocycles. The van der Waals surface area contributed by atoms with E-state index in [1.807, 2.05) is 6.07 Å². The first-order chi connectivity index (χ1) is 9.13. The molecule has 0 aliphatic carbocycles. The van der Waals surface area contributed by atoms with E-state index in [4.69, 9.17) is 10.5 Å². The number of phenolic OH excluding ortho intramolecular Hbond substituents is 1. The zero-order chi connectivity index (χ0) is 13.8. The van der Waals surface area contributed by atoms with Gasteiger partial charge in [-0.05, 0) is 31.0 Å². The van der Waals surface area contributed by atoms with Gasteiger partial charge in [-0.3, -0.25) is 9.78 Å². The van der Waals surface area contributed by atoms with Gasteiger partial charge in [-0.15, -0.1) is 0 Å². The Morgan fingerprint density at radius 2 is 2.26 bits per heavy atom. The van der Waals surface area contributed by atoms with E-state index in [0.717, 1.165) is 10.9 Å². The molecule has 1 atom stereocenters. The maximum atomic E-state index is 11.5. The lowest BCUT2D eigenvalue weighted by atomic mass is 10.0. The number of benzene rings is 1. The lowest BCUT2D eigenvalue weighted by Crippen LogP contribution is -2.34. The zero-order valence-corrected chi connectivity index (χ0v) is 10.7. The Hall–Kier alpha value is -2.14. The van der Waals surface area contributed by atoms with Crippen LogP contribution in [0.4, 0.5) is 0 Å². The molecule has 5 heteroatoms. The highest BCUT2D eigenvalue weighted by molar-refractivity contribution is 5.88. The molecule has 2 aromatic rings. The number of pyridine rings is 1. The average molecular weight is 260 g/mol. The van der Waals surface area contributed by atoms with Crippen molar-refractivity contribution in [2.24, 2.45) is 5.73 Å². The molecule has 1 heterocycles. The summed E-state index contributed by atoms with van der Waals surface area (Å²) in [5.74, 6) is -0.309. The van der Waals surface area contributed by atoms with Crippen molar-refractivity contribution in [1.82, 2.24) is 4.98 Å². The van der Waals surface area contributed by atoms with Crippen molar-refractivity contribution in [3.8, 4) is 5.75 Å². The van der Waals surface area contributed by atoms with E-state index in [0.29, 0.717) is 18.5 Å². The maximum absolute atomic E-state index is 11.5. The first-order valence-corrected chi connectivity index (χ1v) is 6.11. The molecule has 1 aromatic carbocycles. The number of rotatable bonds is 4. The fourth-order valence-corrected chi connectivity index (χ4v) is 1.96. The minimum absolute atomic E-state index is 0.115. The third-order valence-electron chi connectivity index (χ3n) is 2.87. The number of phenols is 1. The summed E-state index contributed by atoms with van der Waals surface area (Å²) in [4.78, 5) is 15.7. The number of hydrogen-bond acceptors (Lipinski definition) is 5. The molecule has 0 fully saturated rings. The predicted octanol–water partition coefficient (Wildman–Crippen LogP) is 1.37. The Bertz CT molecular complexity index is 598. The van der Waals surface area contributed by atoms with Crippen LogP contribution in [0.3, 0.4) is 0 Å². The largest absolute Gasteiger partial charge is 0.506 e. The van der Waals surface area contributed by atoms with Crippen LogP contribution < -0.4 is 5.73 Å². The summed E-state index contributed by atoms with van der Waals surface area (Å²) in [7, 11) is 0. The number of esters is 1. The number of nitrogens with two attached hydrogens (primary N) is 1. The monoisotopic (exact) mass is 260 g/mol. The van der Waals surface area contributed by atoms with Crippen LogP contribution in [-0.2, 0) is 16.0 Å². The second-order valence-electron chi connectivity index (χ2n) is 4.21. The lowest BCUT2D eigenvalue weighted by Gasteiger charge is -2.12. The number of aromatic hydroxyl groups is 1. The lowest BCUT2D eigenvalue weighted by molar-refractivity contribution is -0.144. The summed E-state index contributed by atoms with van der Waals surface area (Å²) in [5, 5.41) is 10.5. The third-order valence-corrected chi connectivity index (χ3v) is 2.87. The van der Waals surface area contributed by atoms with E-state index in [9.17, 15) is 9.90 Å². The maximum Gasteiger partial charge on any atom is 0.323 e. The Morgan fingerprint density at radius 3 is 3.00 bits per heavy atom. The summed E-state index contributed by atoms with van der Waals surface area (Å²) in [6, 6.07) is 6.21. The molecule has 5 nitrogen and oxygen atoms in total. The number of carbonyl (C=O) groups is 1. The number of carbonyl (C=O) groups excluding carboxylic acids is 1. The van der Waals surface area contributed by atoms with Gasteiger partial charge in [-0.2, -0.15) is 0 Å². The molecule has 0 spiro atoms. The molecule has 2 rings (SSSR count). The van der Waals surface area contributed by atoms with Crippen LogP contribution in [0, 0.1) is 0 Å². The highest BCUT2D eigenvalue weighted by atomic mass is 16.5. The van der Waals surface area contributed by atoms with Gasteiger partial charge in [0.25, 0.3) is 0 Å². The number of hydrogen-bond donors (Lipinski definition) is 2. The van der Waals surface area contributed by atoms with Crippen LogP contribution in [-0.4, -0.2) is 28.7 Å². The van der Waals surface area contributed by atoms with E-state index in [1.54, 1.807) is 31.3 Å². The van der Waals surface area contributed by atoms with E-state index >= 15 is 0 Å². The minimum Gasteiger partial charge on any atom is -0.506 e. The molecule has 0 bridgehead atoms. The molecular formula is C14H16N2O3. The molecule has 0 radical (unpaired) electrons. The second-order valence-corrected chi connectivity index (χ2v) is 4.21. The van der Waals surface area contributed by atoms with Crippen molar-refractivity contribution in [3.63, 3.8) is 0 Å². The Labute approximate surface area is 111 Å². The third kappa shape index (κ3) is 2.82. The van der Waals surface area contributed by atoms with Crippen LogP contribution in [0.1, 0.15) is 12.5 Å². The van der Waals surface area contributed by atoms with Gasteiger partial charge < -0.3 is 15.6 Å². The van der Waals surface area contributed by atoms with Crippen LogP contribution in [0.15, 0.2) is 30.5 Å². The molecule has 0 amide bonds. The molecule has 100 valence electrons. The molecule has 0 aliphatic rings. The molecule has 0 aliphatic heterocycles. The molecule has 0 unspecified atom stereocenters. The fraction of sp³-hybridized carbons (Fsp3) is 0.286. The van der Waals surface area contributed by atoms with Gasteiger partial charge in [0, 0.05) is 11.6 Å². The summed E-state index contributed by atoms with van der Waals surface area (Å²) < 4.78 is 4.88. The highest BCUT2D eigenvalue weighted by Gasteiger charge is 2.17. The molecule has 19 heavy (non-hydrogen) atoms. The van der Waals surface area contributed by atoms with Crippen LogP contribution in [0.2, 0.25) is 0 Å². The van der Waals surface area contributed by atoms with Crippen molar-refractivity contribution in [2.45, 2.75) is 19.4 Å². The summed E-state index contributed by atoms with van der Waals surface area (Å²) in [6.07, 6.45) is 1.96. The van der Waals surface area contributed by atoms with Crippen molar-refractivity contribution in [2.75, 3.05) is 6.61 Å². The van der Waals surface area contributed by atoms with E-state index in [-0.39, 0.29) is 5.75 Å². The minimum atomic E-state index is -0.715. The first kappa shape index (κ1) is 13.3. The van der Waals surface area contributed by atoms with Gasteiger partial charge in [-0.1, -0.05) is 12.1 Å². The van der Waals surface area contributed by atoms with Crippen LogP contribution in [0.5, 0.6) is 5.75 Å². The van der Waals surface area contributed by atoms with Crippen LogP contribution in [0.25, 0.3) is 10.9 Å². The normalized spacial score (nSPS) is 12.3. The molecule has 0 saturated carbocycles. The van der Waals surface area contributed by atoms with Gasteiger partial charge >= 0.3 is 5.97 Å². The fourth-order valence-electron chi connectivity index (χ4n) is 1.96. The van der Waals surface area contributed by atoms with Crippen molar-refractivity contribution in [1.29, 1.82) is 0 Å². The second kappa shape index (κ2) is 5.67. The average Bonchev–Trinajstić information content (AvgIpc) is 2.42. The van der Waals surface area contributed by atoms with E-state index in [1.165, 1.54) is 0 Å². The molecule has 3 N–H and O–H groups in total. The SMILES string of the molecule is CCOC(=O)[C@@H](N)Cc1ccc(O)c2ncccc12. The summed E-state index contributed by atoms with van der Waals surface area (Å²) >= 11 is 0. The quantitative estimate of drug-likeness (QED) is 0.811. The molecule has 1 aromatic heterocycles. The number of aromatic nitrogens is 1. The van der Waals surface area contributed by atoms with Gasteiger partial charge in [0.15, 0.2) is 0 Å². The van der Waals surface area contributed by atoms with Gasteiger partial charge in [0.1, 0.15) is 17.3 Å². The van der Waals surface area contributed by atoms with E-state index < -0.39 is 12.0 Å². The molecular weight excluding hydrogens is 244 g/mol. The Morgan fingerprint density at radius 1 is 1.47 bits per heavy atom. The van der Waals surface area contributed by atoms with Crippen molar-refractivity contribution < 1.29 is 14.6 Å². The Kier molecular flexibility index (Phi) is 3.97. The van der Waals surface area contributed by atoms with Crippen molar-refractivity contribution in [3.05, 3.63) is 36.0 Å². The Balaban J connectivity index is 2.31. The summed E-state index contributed by atoms with van der Waals surface area (Å²) in [5.41, 5.74) is 7.18. The van der Waals surface area contributed by atoms with E-state index in [2.05, 4.69) is 4.98 Å². The zero-order valence-electron chi connectivity index (χ0n) is 10.7. The summed E-state index contributed by atoms with van der Waals surface area (Å²) in [6.45, 7) is 2.05. The van der Waals surface area contributed by atoms with Crippen LogP contribution >= 0.6 is 0 Å². The van der Waals surface area contributed by atoms with Crippen molar-refractivity contribution >= 4 is 16.9 Å².